The summed E-state index contributed by atoms with van der Waals surface area (Å²) in [5.74, 6) is 1.54. The molecule has 0 saturated carbocycles. The van der Waals surface area contributed by atoms with Gasteiger partial charge in [0.1, 0.15) is 11.5 Å². The van der Waals surface area contributed by atoms with Crippen LogP contribution in [0.3, 0.4) is 0 Å². The fraction of sp³-hybridized carbons (Fsp3) is 0.231. The Morgan fingerprint density at radius 2 is 0.909 bits per heavy atom. The number of ether oxygens (including phenoxy) is 4. The molecule has 0 bridgehead atoms. The number of aryl methyl sites for hydroxylation is 4. The normalized spacial score (nSPS) is 9.45. The molecule has 6 nitrogen and oxygen atoms in total. The molecular formula is C26H30O6Y-2. The molecule has 0 fully saturated rings. The van der Waals surface area contributed by atoms with Gasteiger partial charge in [-0.3, -0.25) is 0 Å². The molecule has 0 amide bonds. The van der Waals surface area contributed by atoms with E-state index in [9.17, 15) is 9.59 Å². The van der Waals surface area contributed by atoms with Crippen LogP contribution in [0.1, 0.15) is 36.1 Å². The molecule has 0 aliphatic rings. The second kappa shape index (κ2) is 14.0. The first-order valence-corrected chi connectivity index (χ1v) is 9.73. The van der Waals surface area contributed by atoms with Crippen LogP contribution in [0.4, 0.5) is 0 Å². The Kier molecular flexibility index (Phi) is 12.9. The first-order valence-electron chi connectivity index (χ1n) is 9.73. The van der Waals surface area contributed by atoms with Crippen LogP contribution < -0.4 is 18.9 Å². The van der Waals surface area contributed by atoms with Gasteiger partial charge in [-0.2, -0.15) is 14.2 Å². The summed E-state index contributed by atoms with van der Waals surface area (Å²) < 4.78 is 20.2. The van der Waals surface area contributed by atoms with Gasteiger partial charge in [0.2, 0.25) is 0 Å². The molecule has 7 heteroatoms. The number of carbonyl (C=O) groups excluding carboxylic acids is 2. The van der Waals surface area contributed by atoms with E-state index in [1.165, 1.54) is 0 Å². The molecule has 2 aromatic carbocycles. The van der Waals surface area contributed by atoms with Gasteiger partial charge in [-0.1, -0.05) is 13.2 Å². The van der Waals surface area contributed by atoms with Crippen molar-refractivity contribution >= 4 is 11.9 Å². The quantitative estimate of drug-likeness (QED) is 0.201. The summed E-state index contributed by atoms with van der Waals surface area (Å²) in [5, 5.41) is 0. The predicted molar refractivity (Wildman–Crippen MR) is 125 cm³/mol. The second-order valence-electron chi connectivity index (χ2n) is 7.40. The van der Waals surface area contributed by atoms with Crippen molar-refractivity contribution in [3.8, 4) is 23.0 Å². The molecule has 175 valence electrons. The van der Waals surface area contributed by atoms with Crippen molar-refractivity contribution < 1.29 is 61.2 Å². The van der Waals surface area contributed by atoms with Crippen LogP contribution in [0, 0.1) is 41.9 Å². The average Bonchev–Trinajstić information content (AvgIpc) is 2.72. The molecule has 2 aromatic rings. The predicted octanol–water partition coefficient (Wildman–Crippen LogP) is 5.91. The number of benzene rings is 2. The molecule has 0 aliphatic heterocycles. The second-order valence-corrected chi connectivity index (χ2v) is 7.40. The van der Waals surface area contributed by atoms with E-state index in [0.717, 1.165) is 22.3 Å². The van der Waals surface area contributed by atoms with E-state index in [0.29, 0.717) is 34.1 Å². The van der Waals surface area contributed by atoms with Crippen molar-refractivity contribution in [3.63, 3.8) is 0 Å². The Bertz CT molecular complexity index is 910. The SMILES string of the molecule is C=C(C)C(=O)Oc1c(C)cc(O[CH2-])cc1C.C=C(C)C(=O)Oc1c(C)cc(O[CH2-])cc1C.[Y]. The van der Waals surface area contributed by atoms with Gasteiger partial charge in [0, 0.05) is 43.9 Å². The molecule has 2 rings (SSSR count). The van der Waals surface area contributed by atoms with Crippen molar-refractivity contribution in [1.82, 2.24) is 0 Å². The van der Waals surface area contributed by atoms with Crippen LogP contribution in [0.15, 0.2) is 48.6 Å². The van der Waals surface area contributed by atoms with Gasteiger partial charge in [-0.25, -0.2) is 9.59 Å². The fourth-order valence-electron chi connectivity index (χ4n) is 2.67. The molecule has 0 spiro atoms. The molecule has 33 heavy (non-hydrogen) atoms. The summed E-state index contributed by atoms with van der Waals surface area (Å²) in [6.45, 7) is 17.7. The monoisotopic (exact) mass is 527 g/mol. The number of hydrogen-bond acceptors (Lipinski definition) is 6. The van der Waals surface area contributed by atoms with Crippen molar-refractivity contribution in [1.29, 1.82) is 0 Å². The smallest absolute Gasteiger partial charge is 0.338 e. The molecule has 0 heterocycles. The minimum Gasteiger partial charge on any atom is -0.665 e. The van der Waals surface area contributed by atoms with Crippen molar-refractivity contribution in [2.75, 3.05) is 0 Å². The standard InChI is InChI=1S/2C13H15O3.Y/c2*1-8(2)13(14)16-12-9(3)6-11(15-5)7-10(12)4;/h2*6-7H,1,5H2,2-4H3;/q2*-1;. The van der Waals surface area contributed by atoms with Gasteiger partial charge in [0.25, 0.3) is 0 Å². The van der Waals surface area contributed by atoms with E-state index in [-0.39, 0.29) is 32.7 Å². The Balaban J connectivity index is 0.000000602. The zero-order valence-electron chi connectivity index (χ0n) is 20.2. The van der Waals surface area contributed by atoms with E-state index in [4.69, 9.17) is 18.9 Å². The number of carbonyl (C=O) groups is 2. The first-order chi connectivity index (χ1) is 14.9. The van der Waals surface area contributed by atoms with Crippen LogP contribution in [0.5, 0.6) is 23.0 Å². The maximum atomic E-state index is 11.4. The van der Waals surface area contributed by atoms with Crippen LogP contribution in [0.2, 0.25) is 0 Å². The van der Waals surface area contributed by atoms with Crippen molar-refractivity contribution in [3.05, 3.63) is 85.0 Å². The summed E-state index contributed by atoms with van der Waals surface area (Å²) in [6.07, 6.45) is 0. The first kappa shape index (κ1) is 30.6. The third kappa shape index (κ3) is 9.14. The molecule has 0 saturated heterocycles. The molecular weight excluding hydrogens is 497 g/mol. The van der Waals surface area contributed by atoms with E-state index >= 15 is 0 Å². The minimum absolute atomic E-state index is 0. The number of hydrogen-bond donors (Lipinski definition) is 0. The van der Waals surface area contributed by atoms with E-state index in [2.05, 4.69) is 27.4 Å². The topological polar surface area (TPSA) is 71.1 Å². The Morgan fingerprint density at radius 1 is 0.667 bits per heavy atom. The molecule has 0 aliphatic carbocycles. The van der Waals surface area contributed by atoms with Gasteiger partial charge in [-0.05, 0) is 88.1 Å². The Hall–Kier alpha value is -2.44. The molecule has 0 unspecified atom stereocenters. The van der Waals surface area contributed by atoms with Crippen LogP contribution in [-0.2, 0) is 42.3 Å². The Labute approximate surface area is 221 Å². The number of rotatable bonds is 6. The van der Waals surface area contributed by atoms with Crippen LogP contribution in [0.25, 0.3) is 0 Å². The maximum absolute atomic E-state index is 11.4. The van der Waals surface area contributed by atoms with Crippen molar-refractivity contribution in [2.24, 2.45) is 0 Å². The minimum atomic E-state index is -0.422. The summed E-state index contributed by atoms with van der Waals surface area (Å²) >= 11 is 0. The summed E-state index contributed by atoms with van der Waals surface area (Å²) in [6, 6.07) is 7.06. The van der Waals surface area contributed by atoms with Gasteiger partial charge in [0.15, 0.2) is 0 Å². The molecule has 0 atom stereocenters. The third-order valence-electron chi connectivity index (χ3n) is 4.29. The van der Waals surface area contributed by atoms with Crippen LogP contribution in [-0.4, -0.2) is 11.9 Å². The third-order valence-corrected chi connectivity index (χ3v) is 4.29. The average molecular weight is 527 g/mol. The maximum Gasteiger partial charge on any atom is 0.338 e. The van der Waals surface area contributed by atoms with Crippen molar-refractivity contribution in [2.45, 2.75) is 41.5 Å². The summed E-state index contributed by atoms with van der Waals surface area (Å²) in [7, 11) is 6.67. The van der Waals surface area contributed by atoms with Crippen LogP contribution >= 0.6 is 0 Å². The van der Waals surface area contributed by atoms with Gasteiger partial charge in [0.05, 0.1) is 11.5 Å². The van der Waals surface area contributed by atoms with E-state index in [1.807, 2.05) is 27.7 Å². The summed E-state index contributed by atoms with van der Waals surface area (Å²) in [4.78, 5) is 22.8. The molecule has 0 aromatic heterocycles. The number of esters is 2. The van der Waals surface area contributed by atoms with E-state index in [1.54, 1.807) is 38.1 Å². The van der Waals surface area contributed by atoms with Gasteiger partial charge in [-0.15, -0.1) is 0 Å². The zero-order chi connectivity index (χ0) is 24.6. The molecule has 1 radical (unpaired) electrons. The molecule has 0 N–H and O–H groups in total. The largest absolute Gasteiger partial charge is 0.665 e. The fourth-order valence-corrected chi connectivity index (χ4v) is 2.67. The Morgan fingerprint density at radius 3 is 1.09 bits per heavy atom. The summed E-state index contributed by atoms with van der Waals surface area (Å²) in [5.41, 5.74) is 4.05. The van der Waals surface area contributed by atoms with Gasteiger partial charge >= 0.3 is 11.9 Å². The van der Waals surface area contributed by atoms with Gasteiger partial charge < -0.3 is 18.9 Å². The van der Waals surface area contributed by atoms with E-state index < -0.39 is 11.9 Å². The zero-order valence-corrected chi connectivity index (χ0v) is 23.0.